The van der Waals surface area contributed by atoms with Gasteiger partial charge in [0.25, 0.3) is 0 Å². The lowest BCUT2D eigenvalue weighted by molar-refractivity contribution is 0.251. The van der Waals surface area contributed by atoms with Gasteiger partial charge in [0.05, 0.1) is 12.2 Å². The molecule has 4 nitrogen and oxygen atoms in total. The molecule has 0 saturated carbocycles. The summed E-state index contributed by atoms with van der Waals surface area (Å²) in [6.07, 6.45) is 1.90. The lowest BCUT2D eigenvalue weighted by Gasteiger charge is -2.12. The highest BCUT2D eigenvalue weighted by atomic mass is 35.5. The average molecular weight is 376 g/mol. The first kappa shape index (κ1) is 17.9. The number of nitrogens with one attached hydrogen (secondary N) is 2. The lowest BCUT2D eigenvalue weighted by atomic mass is 10.2. The SMILES string of the molecule is O=C(NCc1cccn1Cc1ccc(Cl)cc1)Nc1cc(F)ccc1F. The van der Waals surface area contributed by atoms with Crippen LogP contribution in [0.15, 0.2) is 60.8 Å². The molecule has 2 aromatic carbocycles. The van der Waals surface area contributed by atoms with Crippen molar-refractivity contribution in [1.82, 2.24) is 9.88 Å². The molecule has 0 atom stereocenters. The Labute approximate surface area is 154 Å². The topological polar surface area (TPSA) is 46.1 Å². The second-order valence-electron chi connectivity index (χ2n) is 5.69. The van der Waals surface area contributed by atoms with Crippen LogP contribution in [-0.2, 0) is 13.1 Å². The summed E-state index contributed by atoms with van der Waals surface area (Å²) >= 11 is 5.89. The number of carbonyl (C=O) groups excluding carboxylic acids is 1. The van der Waals surface area contributed by atoms with Crippen LogP contribution >= 0.6 is 11.6 Å². The van der Waals surface area contributed by atoms with Crippen molar-refractivity contribution < 1.29 is 13.6 Å². The zero-order chi connectivity index (χ0) is 18.5. The number of benzene rings is 2. The standard InChI is InChI=1S/C19H16ClF2N3O/c20-14-5-3-13(4-6-14)12-25-9-1-2-16(25)11-23-19(26)24-18-10-15(21)7-8-17(18)22/h1-10H,11-12H2,(H2,23,24,26). The van der Waals surface area contributed by atoms with Crippen molar-refractivity contribution in [2.75, 3.05) is 5.32 Å². The molecule has 1 aromatic heterocycles. The third-order valence-electron chi connectivity index (χ3n) is 3.80. The molecule has 2 amide bonds. The van der Waals surface area contributed by atoms with Gasteiger partial charge in [-0.15, -0.1) is 0 Å². The highest BCUT2D eigenvalue weighted by Gasteiger charge is 2.09. The van der Waals surface area contributed by atoms with E-state index in [9.17, 15) is 13.6 Å². The fourth-order valence-electron chi connectivity index (χ4n) is 2.48. The number of amides is 2. The average Bonchev–Trinajstić information content (AvgIpc) is 3.05. The quantitative estimate of drug-likeness (QED) is 0.661. The third kappa shape index (κ3) is 4.61. The molecule has 0 fully saturated rings. The summed E-state index contributed by atoms with van der Waals surface area (Å²) in [6.45, 7) is 0.866. The van der Waals surface area contributed by atoms with E-state index in [-0.39, 0.29) is 12.2 Å². The van der Waals surface area contributed by atoms with Gasteiger partial charge < -0.3 is 15.2 Å². The van der Waals surface area contributed by atoms with Crippen molar-refractivity contribution in [3.8, 4) is 0 Å². The minimum absolute atomic E-state index is 0.209. The Bertz CT molecular complexity index is 909. The molecule has 1 heterocycles. The molecule has 3 rings (SSSR count). The number of urea groups is 1. The Balaban J connectivity index is 1.60. The Kier molecular flexibility index (Phi) is 5.53. The first-order valence-corrected chi connectivity index (χ1v) is 8.27. The van der Waals surface area contributed by atoms with Crippen molar-refractivity contribution in [1.29, 1.82) is 0 Å². The summed E-state index contributed by atoms with van der Waals surface area (Å²) in [5, 5.41) is 5.61. The monoisotopic (exact) mass is 375 g/mol. The summed E-state index contributed by atoms with van der Waals surface area (Å²) in [5.41, 5.74) is 1.73. The number of carbonyl (C=O) groups is 1. The van der Waals surface area contributed by atoms with Gasteiger partial charge in [-0.3, -0.25) is 0 Å². The zero-order valence-electron chi connectivity index (χ0n) is 13.7. The molecule has 0 spiro atoms. The first-order valence-electron chi connectivity index (χ1n) is 7.89. The van der Waals surface area contributed by atoms with Crippen molar-refractivity contribution in [2.45, 2.75) is 13.1 Å². The Morgan fingerprint density at radius 1 is 1.08 bits per heavy atom. The predicted octanol–water partition coefficient (Wildman–Crippen LogP) is 4.79. The molecular formula is C19H16ClF2N3O. The van der Waals surface area contributed by atoms with E-state index in [0.717, 1.165) is 29.5 Å². The van der Waals surface area contributed by atoms with Crippen molar-refractivity contribution in [3.63, 3.8) is 0 Å². The number of aromatic nitrogens is 1. The van der Waals surface area contributed by atoms with Crippen LogP contribution in [0, 0.1) is 11.6 Å². The maximum absolute atomic E-state index is 13.6. The maximum Gasteiger partial charge on any atom is 0.319 e. The van der Waals surface area contributed by atoms with Crippen LogP contribution in [-0.4, -0.2) is 10.6 Å². The van der Waals surface area contributed by atoms with E-state index < -0.39 is 17.7 Å². The molecule has 2 N–H and O–H groups in total. The van der Waals surface area contributed by atoms with Crippen LogP contribution in [0.2, 0.25) is 5.02 Å². The molecule has 0 aliphatic rings. The summed E-state index contributed by atoms with van der Waals surface area (Å²) in [7, 11) is 0. The van der Waals surface area contributed by atoms with Crippen LogP contribution in [0.25, 0.3) is 0 Å². The molecular weight excluding hydrogens is 360 g/mol. The van der Waals surface area contributed by atoms with Gasteiger partial charge in [0.15, 0.2) is 0 Å². The van der Waals surface area contributed by atoms with E-state index in [2.05, 4.69) is 10.6 Å². The number of rotatable bonds is 5. The van der Waals surface area contributed by atoms with Gasteiger partial charge in [-0.25, -0.2) is 13.6 Å². The van der Waals surface area contributed by atoms with Gasteiger partial charge in [0, 0.05) is 29.5 Å². The highest BCUT2D eigenvalue weighted by molar-refractivity contribution is 6.30. The van der Waals surface area contributed by atoms with Gasteiger partial charge in [-0.1, -0.05) is 23.7 Å². The summed E-state index contributed by atoms with van der Waals surface area (Å²) < 4.78 is 28.7. The van der Waals surface area contributed by atoms with Crippen LogP contribution in [0.5, 0.6) is 0 Å². The van der Waals surface area contributed by atoms with E-state index in [1.807, 2.05) is 47.2 Å². The molecule has 0 aliphatic heterocycles. The molecule has 7 heteroatoms. The van der Waals surface area contributed by atoms with E-state index in [4.69, 9.17) is 11.6 Å². The van der Waals surface area contributed by atoms with Crippen LogP contribution in [0.1, 0.15) is 11.3 Å². The van der Waals surface area contributed by atoms with Crippen LogP contribution in [0.3, 0.4) is 0 Å². The van der Waals surface area contributed by atoms with Crippen LogP contribution in [0.4, 0.5) is 19.3 Å². The molecule has 0 unspecified atom stereocenters. The summed E-state index contributed by atoms with van der Waals surface area (Å²) in [4.78, 5) is 11.9. The zero-order valence-corrected chi connectivity index (χ0v) is 14.4. The fourth-order valence-corrected chi connectivity index (χ4v) is 2.61. The van der Waals surface area contributed by atoms with E-state index >= 15 is 0 Å². The predicted molar refractivity (Wildman–Crippen MR) is 97.2 cm³/mol. The largest absolute Gasteiger partial charge is 0.345 e. The lowest BCUT2D eigenvalue weighted by Crippen LogP contribution is -2.29. The molecule has 0 aliphatic carbocycles. The third-order valence-corrected chi connectivity index (χ3v) is 4.05. The van der Waals surface area contributed by atoms with Crippen molar-refractivity contribution >= 4 is 23.3 Å². The molecule has 134 valence electrons. The smallest absolute Gasteiger partial charge is 0.319 e. The fraction of sp³-hybridized carbons (Fsp3) is 0.105. The van der Waals surface area contributed by atoms with Crippen LogP contribution < -0.4 is 10.6 Å². The first-order chi connectivity index (χ1) is 12.5. The number of nitrogens with zero attached hydrogens (tertiary/aromatic N) is 1. The van der Waals surface area contributed by atoms with E-state index in [1.54, 1.807) is 0 Å². The Morgan fingerprint density at radius 3 is 2.62 bits per heavy atom. The Morgan fingerprint density at radius 2 is 1.85 bits per heavy atom. The molecule has 3 aromatic rings. The van der Waals surface area contributed by atoms with Crippen molar-refractivity contribution in [2.24, 2.45) is 0 Å². The summed E-state index contributed by atoms with van der Waals surface area (Å²) in [5.74, 6) is -1.33. The summed E-state index contributed by atoms with van der Waals surface area (Å²) in [6, 6.07) is 13.5. The van der Waals surface area contributed by atoms with Crippen molar-refractivity contribution in [3.05, 3.63) is 88.7 Å². The van der Waals surface area contributed by atoms with Gasteiger partial charge in [0.2, 0.25) is 0 Å². The second-order valence-corrected chi connectivity index (χ2v) is 6.12. The molecule has 0 saturated heterocycles. The van der Waals surface area contributed by atoms with Gasteiger partial charge in [-0.05, 0) is 42.0 Å². The Hall–Kier alpha value is -2.86. The minimum Gasteiger partial charge on any atom is -0.345 e. The number of halogens is 3. The normalized spacial score (nSPS) is 10.6. The molecule has 26 heavy (non-hydrogen) atoms. The highest BCUT2D eigenvalue weighted by Crippen LogP contribution is 2.15. The second kappa shape index (κ2) is 8.01. The minimum atomic E-state index is -0.701. The number of hydrogen-bond acceptors (Lipinski definition) is 1. The maximum atomic E-state index is 13.6. The van der Waals surface area contributed by atoms with Gasteiger partial charge in [0.1, 0.15) is 11.6 Å². The van der Waals surface area contributed by atoms with E-state index in [0.29, 0.717) is 11.6 Å². The number of hydrogen-bond donors (Lipinski definition) is 2. The van der Waals surface area contributed by atoms with E-state index in [1.165, 1.54) is 0 Å². The molecule has 0 radical (unpaired) electrons. The van der Waals surface area contributed by atoms with Gasteiger partial charge >= 0.3 is 6.03 Å². The number of anilines is 1. The van der Waals surface area contributed by atoms with Gasteiger partial charge in [-0.2, -0.15) is 0 Å². The molecule has 0 bridgehead atoms.